The number of carbonyl (C=O) groups is 1. The molecular weight excluding hydrogens is 484 g/mol. The quantitative estimate of drug-likeness (QED) is 0.205. The first kappa shape index (κ1) is 25.2. The van der Waals surface area contributed by atoms with Gasteiger partial charge in [0.05, 0.1) is 6.61 Å². The fourth-order valence-corrected chi connectivity index (χ4v) is 6.10. The highest BCUT2D eigenvalue weighted by Gasteiger charge is 2.27. The molecule has 2 heterocycles. The number of benzene rings is 4. The maximum Gasteiger partial charge on any atom is 0.352 e. The Kier molecular flexibility index (Phi) is 7.08. The van der Waals surface area contributed by atoms with Gasteiger partial charge in [0, 0.05) is 34.9 Å². The summed E-state index contributed by atoms with van der Waals surface area (Å²) in [5.41, 5.74) is 5.75. The van der Waals surface area contributed by atoms with Crippen LogP contribution in [0.5, 0.6) is 5.75 Å². The summed E-state index contributed by atoms with van der Waals surface area (Å²) in [6.07, 6.45) is 3.03. The molecule has 0 bridgehead atoms. The molecular formula is C34H34N2O3. The summed E-state index contributed by atoms with van der Waals surface area (Å²) in [7, 11) is 0. The molecule has 0 aliphatic carbocycles. The van der Waals surface area contributed by atoms with E-state index in [1.165, 1.54) is 5.56 Å². The van der Waals surface area contributed by atoms with Gasteiger partial charge in [-0.25, -0.2) is 4.79 Å². The molecule has 1 N–H and O–H groups in total. The van der Waals surface area contributed by atoms with Gasteiger partial charge in [0.15, 0.2) is 0 Å². The maximum atomic E-state index is 12.8. The van der Waals surface area contributed by atoms with Crippen LogP contribution in [0.1, 0.15) is 40.9 Å². The number of aromatic carboxylic acids is 1. The number of fused-ring (bicyclic) bond motifs is 2. The molecule has 0 amide bonds. The topological polar surface area (TPSA) is 54.7 Å². The summed E-state index contributed by atoms with van der Waals surface area (Å²) < 4.78 is 8.22. The van der Waals surface area contributed by atoms with E-state index in [1.54, 1.807) is 0 Å². The number of ether oxygens (including phenoxy) is 1. The van der Waals surface area contributed by atoms with E-state index >= 15 is 0 Å². The summed E-state index contributed by atoms with van der Waals surface area (Å²) in [6, 6.07) is 28.9. The van der Waals surface area contributed by atoms with Crippen LogP contribution in [0, 0.1) is 6.92 Å². The van der Waals surface area contributed by atoms with Crippen molar-refractivity contribution in [1.82, 2.24) is 9.47 Å². The van der Waals surface area contributed by atoms with E-state index in [1.807, 2.05) is 34.9 Å². The smallest absolute Gasteiger partial charge is 0.352 e. The van der Waals surface area contributed by atoms with Crippen LogP contribution in [0.3, 0.4) is 0 Å². The van der Waals surface area contributed by atoms with Gasteiger partial charge in [-0.1, -0.05) is 72.8 Å². The van der Waals surface area contributed by atoms with Crippen molar-refractivity contribution in [2.24, 2.45) is 0 Å². The van der Waals surface area contributed by atoms with E-state index < -0.39 is 5.97 Å². The molecule has 1 aliphatic heterocycles. The van der Waals surface area contributed by atoms with Crippen molar-refractivity contribution in [3.63, 3.8) is 0 Å². The van der Waals surface area contributed by atoms with Crippen molar-refractivity contribution in [3.8, 4) is 16.9 Å². The van der Waals surface area contributed by atoms with Gasteiger partial charge >= 0.3 is 5.97 Å². The minimum Gasteiger partial charge on any atom is -0.493 e. The number of rotatable bonds is 9. The summed E-state index contributed by atoms with van der Waals surface area (Å²) in [5.74, 6) is -0.00779. The summed E-state index contributed by atoms with van der Waals surface area (Å²) >= 11 is 0. The largest absolute Gasteiger partial charge is 0.493 e. The first-order chi connectivity index (χ1) is 19.1. The zero-order chi connectivity index (χ0) is 26.8. The molecule has 0 spiro atoms. The van der Waals surface area contributed by atoms with Crippen molar-refractivity contribution >= 4 is 27.6 Å². The van der Waals surface area contributed by atoms with Crippen molar-refractivity contribution in [1.29, 1.82) is 0 Å². The van der Waals surface area contributed by atoms with Crippen LogP contribution in [-0.4, -0.2) is 40.2 Å². The van der Waals surface area contributed by atoms with Gasteiger partial charge < -0.3 is 14.4 Å². The van der Waals surface area contributed by atoms with E-state index in [2.05, 4.69) is 66.4 Å². The second-order valence-electron chi connectivity index (χ2n) is 10.5. The number of aryl methyl sites for hydroxylation is 2. The number of carboxylic acids is 1. The minimum absolute atomic E-state index is 0.406. The van der Waals surface area contributed by atoms with Gasteiger partial charge in [0.25, 0.3) is 0 Å². The summed E-state index contributed by atoms with van der Waals surface area (Å²) in [5, 5.41) is 13.8. The Labute approximate surface area is 229 Å². The van der Waals surface area contributed by atoms with Crippen LogP contribution in [0.25, 0.3) is 32.8 Å². The van der Waals surface area contributed by atoms with E-state index in [0.717, 1.165) is 70.0 Å². The van der Waals surface area contributed by atoms with Crippen LogP contribution in [0.2, 0.25) is 0 Å². The minimum atomic E-state index is -0.869. The molecule has 1 aliphatic rings. The molecule has 6 rings (SSSR count). The summed E-state index contributed by atoms with van der Waals surface area (Å²) in [4.78, 5) is 15.2. The summed E-state index contributed by atoms with van der Waals surface area (Å²) in [6.45, 7) is 5.87. The molecule has 1 saturated heterocycles. The molecule has 198 valence electrons. The number of hydrogen-bond acceptors (Lipinski definition) is 3. The average molecular weight is 519 g/mol. The third-order valence-electron chi connectivity index (χ3n) is 7.94. The fraction of sp³-hybridized carbons (Fsp3) is 0.265. The molecule has 0 atom stereocenters. The molecule has 5 heteroatoms. The average Bonchev–Trinajstić information content (AvgIpc) is 3.58. The number of likely N-dealkylation sites (tertiary alicyclic amines) is 1. The predicted octanol–water partition coefficient (Wildman–Crippen LogP) is 7.53. The predicted molar refractivity (Wildman–Crippen MR) is 158 cm³/mol. The molecule has 0 unspecified atom stereocenters. The van der Waals surface area contributed by atoms with Crippen LogP contribution >= 0.6 is 0 Å². The Morgan fingerprint density at radius 2 is 1.59 bits per heavy atom. The molecule has 1 aromatic heterocycles. The second-order valence-corrected chi connectivity index (χ2v) is 10.5. The lowest BCUT2D eigenvalue weighted by Gasteiger charge is -2.16. The van der Waals surface area contributed by atoms with Gasteiger partial charge in [0.1, 0.15) is 11.4 Å². The van der Waals surface area contributed by atoms with Crippen LogP contribution in [-0.2, 0) is 13.1 Å². The van der Waals surface area contributed by atoms with Crippen LogP contribution < -0.4 is 4.74 Å². The maximum absolute atomic E-state index is 12.8. The van der Waals surface area contributed by atoms with Crippen molar-refractivity contribution in [3.05, 3.63) is 102 Å². The van der Waals surface area contributed by atoms with Crippen LogP contribution in [0.15, 0.2) is 84.9 Å². The highest BCUT2D eigenvalue weighted by Crippen LogP contribution is 2.38. The second kappa shape index (κ2) is 11.0. The SMILES string of the molecule is Cc1ccccc1-c1cccc2c1c(CN1CCCC1)c(C(=O)O)n2CCCOc1cccc2ccccc12. The van der Waals surface area contributed by atoms with E-state index in [9.17, 15) is 9.90 Å². The standard InChI is InChI=1S/C34H34N2O3/c1-24-11-2-4-14-26(24)28-16-9-17-30-32(28)29(23-35-19-6-7-20-35)33(34(37)38)36(30)21-10-22-39-31-18-8-13-25-12-3-5-15-27(25)31/h2-5,8-9,11-18H,6-7,10,19-23H2,1H3,(H,37,38). The molecule has 4 aromatic carbocycles. The number of aromatic nitrogens is 1. The third-order valence-corrected chi connectivity index (χ3v) is 7.94. The number of nitrogens with zero attached hydrogens (tertiary/aromatic N) is 2. The van der Waals surface area contributed by atoms with E-state index in [4.69, 9.17) is 4.74 Å². The van der Waals surface area contributed by atoms with Crippen molar-refractivity contribution in [2.45, 2.75) is 39.3 Å². The van der Waals surface area contributed by atoms with Gasteiger partial charge in [-0.3, -0.25) is 4.90 Å². The highest BCUT2D eigenvalue weighted by atomic mass is 16.5. The molecule has 5 nitrogen and oxygen atoms in total. The van der Waals surface area contributed by atoms with Gasteiger partial charge in [-0.2, -0.15) is 0 Å². The number of carboxylic acid groups (broad SMARTS) is 1. The lowest BCUT2D eigenvalue weighted by molar-refractivity contribution is 0.0682. The monoisotopic (exact) mass is 518 g/mol. The molecule has 0 radical (unpaired) electrons. The normalized spacial score (nSPS) is 13.9. The van der Waals surface area contributed by atoms with Crippen LogP contribution in [0.4, 0.5) is 0 Å². The van der Waals surface area contributed by atoms with Gasteiger partial charge in [0.2, 0.25) is 0 Å². The fourth-order valence-electron chi connectivity index (χ4n) is 6.10. The van der Waals surface area contributed by atoms with E-state index in [0.29, 0.717) is 31.8 Å². The molecule has 5 aromatic rings. The zero-order valence-electron chi connectivity index (χ0n) is 22.4. The number of hydrogen-bond donors (Lipinski definition) is 1. The molecule has 39 heavy (non-hydrogen) atoms. The van der Waals surface area contributed by atoms with Gasteiger partial charge in [-0.05, 0) is 73.5 Å². The van der Waals surface area contributed by atoms with Gasteiger partial charge in [-0.15, -0.1) is 0 Å². The first-order valence-electron chi connectivity index (χ1n) is 13.9. The Hall–Kier alpha value is -4.09. The Morgan fingerprint density at radius 1 is 0.872 bits per heavy atom. The van der Waals surface area contributed by atoms with E-state index in [-0.39, 0.29) is 0 Å². The zero-order valence-corrected chi connectivity index (χ0v) is 22.4. The van der Waals surface area contributed by atoms with Crippen molar-refractivity contribution in [2.75, 3.05) is 19.7 Å². The first-order valence-corrected chi connectivity index (χ1v) is 13.9. The van der Waals surface area contributed by atoms with Crippen molar-refractivity contribution < 1.29 is 14.6 Å². The Balaban J connectivity index is 1.37. The molecule has 0 saturated carbocycles. The Morgan fingerprint density at radius 3 is 2.41 bits per heavy atom. The lowest BCUT2D eigenvalue weighted by Crippen LogP contribution is -2.21. The Bertz CT molecular complexity index is 1640. The molecule has 1 fully saturated rings. The lowest BCUT2D eigenvalue weighted by atomic mass is 9.95. The third kappa shape index (κ3) is 4.90. The highest BCUT2D eigenvalue weighted by molar-refractivity contribution is 6.05.